The van der Waals surface area contributed by atoms with Crippen molar-refractivity contribution in [1.82, 2.24) is 4.57 Å². The SMILES string of the molecule is CC12CCCCC1N(c1ccccc1-c1ccc(-c3ccc(-n4c5ccccc5c5ccccc54)c(C#N)c3)cc1)c1c(C#N)cccc12. The van der Waals surface area contributed by atoms with Gasteiger partial charge in [-0.25, -0.2) is 0 Å². The second-order valence-corrected chi connectivity index (χ2v) is 13.7. The molecule has 1 fully saturated rings. The second kappa shape index (κ2) is 11.3. The highest BCUT2D eigenvalue weighted by molar-refractivity contribution is 6.09. The molecule has 7 aromatic rings. The van der Waals surface area contributed by atoms with Gasteiger partial charge in [0.2, 0.25) is 0 Å². The number of anilines is 2. The minimum Gasteiger partial charge on any atom is -0.336 e. The molecule has 234 valence electrons. The third-order valence-electron chi connectivity index (χ3n) is 11.1. The van der Waals surface area contributed by atoms with E-state index in [1.165, 1.54) is 29.2 Å². The molecular formula is C45H34N4. The molecule has 0 saturated heterocycles. The summed E-state index contributed by atoms with van der Waals surface area (Å²) in [6, 6.07) is 51.9. The smallest absolute Gasteiger partial charge is 0.101 e. The van der Waals surface area contributed by atoms with Gasteiger partial charge >= 0.3 is 0 Å². The van der Waals surface area contributed by atoms with Gasteiger partial charge in [0.05, 0.1) is 33.5 Å². The number of benzene rings is 6. The lowest BCUT2D eigenvalue weighted by Crippen LogP contribution is -2.43. The molecule has 1 saturated carbocycles. The summed E-state index contributed by atoms with van der Waals surface area (Å²) in [4.78, 5) is 2.49. The van der Waals surface area contributed by atoms with Crippen LogP contribution in [0, 0.1) is 22.7 Å². The van der Waals surface area contributed by atoms with Crippen LogP contribution in [0.25, 0.3) is 49.7 Å². The largest absolute Gasteiger partial charge is 0.336 e. The number of nitriles is 2. The van der Waals surface area contributed by atoms with Gasteiger partial charge in [-0.15, -0.1) is 0 Å². The predicted octanol–water partition coefficient (Wildman–Crippen LogP) is 11.2. The molecule has 0 spiro atoms. The minimum atomic E-state index is 0.0151. The predicted molar refractivity (Wildman–Crippen MR) is 199 cm³/mol. The maximum absolute atomic E-state index is 10.4. The average Bonchev–Trinajstić information content (AvgIpc) is 3.64. The van der Waals surface area contributed by atoms with Crippen LogP contribution in [0.1, 0.15) is 49.3 Å². The fourth-order valence-corrected chi connectivity index (χ4v) is 8.79. The minimum absolute atomic E-state index is 0.0151. The maximum Gasteiger partial charge on any atom is 0.101 e. The van der Waals surface area contributed by atoms with Crippen molar-refractivity contribution in [3.8, 4) is 40.1 Å². The van der Waals surface area contributed by atoms with Gasteiger partial charge in [-0.1, -0.05) is 117 Å². The Kier molecular flexibility index (Phi) is 6.68. The molecule has 9 rings (SSSR count). The summed E-state index contributed by atoms with van der Waals surface area (Å²) in [6.07, 6.45) is 4.65. The van der Waals surface area contributed by atoms with E-state index in [9.17, 15) is 10.5 Å². The Hall–Kier alpha value is -6.10. The van der Waals surface area contributed by atoms with Crippen molar-refractivity contribution in [2.45, 2.75) is 44.1 Å². The van der Waals surface area contributed by atoms with Gasteiger partial charge in [0.1, 0.15) is 12.1 Å². The number of rotatable bonds is 4. The molecule has 2 aliphatic rings. The lowest BCUT2D eigenvalue weighted by atomic mass is 9.69. The van der Waals surface area contributed by atoms with E-state index in [4.69, 9.17) is 0 Å². The normalized spacial score (nSPS) is 18.2. The zero-order chi connectivity index (χ0) is 33.1. The first-order valence-electron chi connectivity index (χ1n) is 17.2. The van der Waals surface area contributed by atoms with E-state index < -0.39 is 0 Å². The zero-order valence-electron chi connectivity index (χ0n) is 27.4. The quantitative estimate of drug-likeness (QED) is 0.194. The van der Waals surface area contributed by atoms with Crippen LogP contribution < -0.4 is 4.90 Å². The Labute approximate surface area is 286 Å². The van der Waals surface area contributed by atoms with Gasteiger partial charge in [0.25, 0.3) is 0 Å². The first kappa shape index (κ1) is 29.1. The van der Waals surface area contributed by atoms with Gasteiger partial charge in [-0.3, -0.25) is 0 Å². The molecule has 4 heteroatoms. The van der Waals surface area contributed by atoms with Crippen molar-refractivity contribution in [1.29, 1.82) is 10.5 Å². The van der Waals surface area contributed by atoms with Gasteiger partial charge in [-0.2, -0.15) is 10.5 Å². The number of para-hydroxylation sites is 4. The van der Waals surface area contributed by atoms with E-state index in [1.807, 2.05) is 12.1 Å². The summed E-state index contributed by atoms with van der Waals surface area (Å²) in [5, 5.41) is 22.9. The molecule has 1 aromatic heterocycles. The fraction of sp³-hybridized carbons (Fsp3) is 0.156. The highest BCUT2D eigenvalue weighted by atomic mass is 15.2. The topological polar surface area (TPSA) is 55.8 Å². The first-order chi connectivity index (χ1) is 24.1. The molecule has 0 amide bonds. The van der Waals surface area contributed by atoms with Crippen molar-refractivity contribution in [2.75, 3.05) is 4.90 Å². The number of hydrogen-bond donors (Lipinski definition) is 0. The zero-order valence-corrected chi connectivity index (χ0v) is 27.4. The van der Waals surface area contributed by atoms with Crippen LogP contribution >= 0.6 is 0 Å². The molecule has 1 aliphatic carbocycles. The lowest BCUT2D eigenvalue weighted by Gasteiger charge is -2.41. The Bertz CT molecular complexity index is 2450. The van der Waals surface area contributed by atoms with Crippen LogP contribution in [0.5, 0.6) is 0 Å². The molecule has 0 N–H and O–H groups in total. The number of aromatic nitrogens is 1. The summed E-state index contributed by atoms with van der Waals surface area (Å²) in [6.45, 7) is 2.40. The van der Waals surface area contributed by atoms with Crippen molar-refractivity contribution < 1.29 is 0 Å². The molecule has 1 aliphatic heterocycles. The van der Waals surface area contributed by atoms with Crippen LogP contribution in [0.15, 0.2) is 133 Å². The van der Waals surface area contributed by atoms with Crippen molar-refractivity contribution in [3.05, 3.63) is 150 Å². The maximum atomic E-state index is 10.4. The number of fused-ring (bicyclic) bond motifs is 6. The highest BCUT2D eigenvalue weighted by Gasteiger charge is 2.50. The Morgan fingerprint density at radius 2 is 1.27 bits per heavy atom. The van der Waals surface area contributed by atoms with Crippen LogP contribution in [-0.4, -0.2) is 10.6 Å². The van der Waals surface area contributed by atoms with Crippen LogP contribution in [-0.2, 0) is 5.41 Å². The fourth-order valence-electron chi connectivity index (χ4n) is 8.79. The molecule has 0 bridgehead atoms. The number of hydrogen-bond acceptors (Lipinski definition) is 3. The Morgan fingerprint density at radius 1 is 0.612 bits per heavy atom. The molecule has 49 heavy (non-hydrogen) atoms. The van der Waals surface area contributed by atoms with Crippen molar-refractivity contribution in [3.63, 3.8) is 0 Å². The van der Waals surface area contributed by atoms with E-state index in [1.54, 1.807) is 0 Å². The standard InChI is InChI=1S/C45H34N4/c1-45-26-9-8-19-43(45)49(44-33(28-46)11-10-15-38(44)45)40-16-5-2-12-35(40)31-22-20-30(21-23-31)32-24-25-39(34(27-32)29-47)48-41-17-6-3-13-36(41)37-14-4-7-18-42(37)48/h2-7,10-18,20-25,27,43H,8-9,19,26H2,1H3. The van der Waals surface area contributed by atoms with Crippen LogP contribution in [0.4, 0.5) is 11.4 Å². The van der Waals surface area contributed by atoms with E-state index in [-0.39, 0.29) is 5.41 Å². The Morgan fingerprint density at radius 3 is 2.00 bits per heavy atom. The van der Waals surface area contributed by atoms with Crippen molar-refractivity contribution in [2.24, 2.45) is 0 Å². The van der Waals surface area contributed by atoms with E-state index in [2.05, 4.69) is 150 Å². The van der Waals surface area contributed by atoms with Gasteiger partial charge in [0.15, 0.2) is 0 Å². The lowest BCUT2D eigenvalue weighted by molar-refractivity contribution is 0.290. The summed E-state index contributed by atoms with van der Waals surface area (Å²) in [7, 11) is 0. The first-order valence-corrected chi connectivity index (χ1v) is 17.2. The molecule has 0 radical (unpaired) electrons. The molecule has 2 unspecified atom stereocenters. The molecule has 2 heterocycles. The second-order valence-electron chi connectivity index (χ2n) is 13.7. The summed E-state index contributed by atoms with van der Waals surface area (Å²) in [5.41, 5.74) is 12.3. The summed E-state index contributed by atoms with van der Waals surface area (Å²) >= 11 is 0. The molecule has 2 atom stereocenters. The third-order valence-corrected chi connectivity index (χ3v) is 11.1. The van der Waals surface area contributed by atoms with Crippen LogP contribution in [0.3, 0.4) is 0 Å². The monoisotopic (exact) mass is 630 g/mol. The van der Waals surface area contributed by atoms with Crippen LogP contribution in [0.2, 0.25) is 0 Å². The van der Waals surface area contributed by atoms with E-state index >= 15 is 0 Å². The third kappa shape index (κ3) is 4.35. The summed E-state index contributed by atoms with van der Waals surface area (Å²) < 4.78 is 2.21. The van der Waals surface area contributed by atoms with Gasteiger partial charge in [-0.05, 0) is 71.5 Å². The van der Waals surface area contributed by atoms with E-state index in [0.29, 0.717) is 11.6 Å². The molecule has 6 aromatic carbocycles. The molecule has 4 nitrogen and oxygen atoms in total. The highest BCUT2D eigenvalue weighted by Crippen LogP contribution is 2.56. The molecular weight excluding hydrogens is 597 g/mol. The van der Waals surface area contributed by atoms with Crippen molar-refractivity contribution >= 4 is 33.2 Å². The average molecular weight is 631 g/mol. The van der Waals surface area contributed by atoms with Gasteiger partial charge in [0, 0.05) is 33.5 Å². The Balaban J connectivity index is 1.11. The number of nitrogens with zero attached hydrogens (tertiary/aromatic N) is 4. The van der Waals surface area contributed by atoms with E-state index in [0.717, 1.165) is 68.8 Å². The van der Waals surface area contributed by atoms with Gasteiger partial charge < -0.3 is 9.47 Å². The summed E-state index contributed by atoms with van der Waals surface area (Å²) in [5.74, 6) is 0.